The fourth-order valence-electron chi connectivity index (χ4n) is 22.0. The van der Waals surface area contributed by atoms with Crippen LogP contribution in [0, 0.1) is 0 Å². The van der Waals surface area contributed by atoms with Gasteiger partial charge >= 0.3 is 0 Å². The van der Waals surface area contributed by atoms with Crippen LogP contribution in [0.25, 0.3) is 283 Å². The van der Waals surface area contributed by atoms with Gasteiger partial charge in [-0.3, -0.25) is 0 Å². The molecule has 0 saturated carbocycles. The van der Waals surface area contributed by atoms with Crippen LogP contribution < -0.4 is 0 Å². The number of thiophene rings is 2. The third kappa shape index (κ3) is 14.0. The van der Waals surface area contributed by atoms with Crippen molar-refractivity contribution in [2.75, 3.05) is 0 Å². The summed E-state index contributed by atoms with van der Waals surface area (Å²) >= 11 is 3.75. The van der Waals surface area contributed by atoms with Crippen LogP contribution in [0.15, 0.2) is 497 Å². The van der Waals surface area contributed by atoms with Crippen LogP contribution in [0.3, 0.4) is 0 Å². The molecule has 23 aromatic carbocycles. The smallest absolute Gasteiger partial charge is 0.0973 e. The van der Waals surface area contributed by atoms with Crippen molar-refractivity contribution < 1.29 is 0 Å². The predicted octanol–water partition coefficient (Wildman–Crippen LogP) is 37.1. The Morgan fingerprint density at radius 2 is 0.465 bits per heavy atom. The quantitative estimate of drug-likeness (QED) is 0.115. The van der Waals surface area contributed by atoms with Crippen molar-refractivity contribution >= 4 is 172 Å². The largest absolute Gasteiger partial charge is 0.309 e. The van der Waals surface area contributed by atoms with Gasteiger partial charge in [0.25, 0.3) is 0 Å². The van der Waals surface area contributed by atoms with Gasteiger partial charge in [-0.05, 0) is 237 Å². The molecular formula is C134H82N6S2. The minimum Gasteiger partial charge on any atom is -0.309 e. The van der Waals surface area contributed by atoms with Gasteiger partial charge in [0.05, 0.1) is 66.9 Å². The lowest BCUT2D eigenvalue weighted by Crippen LogP contribution is -1.97. The second-order valence-corrected chi connectivity index (χ2v) is 39.0. The maximum absolute atomic E-state index is 5.37. The summed E-state index contributed by atoms with van der Waals surface area (Å²) in [4.78, 5) is 21.3. The van der Waals surface area contributed by atoms with Crippen LogP contribution >= 0.6 is 22.7 Å². The number of fused-ring (bicyclic) bond motifs is 22. The molecule has 660 valence electrons. The Balaban J connectivity index is 0.000000139. The zero-order chi connectivity index (χ0) is 93.4. The van der Waals surface area contributed by atoms with Crippen molar-refractivity contribution in [2.45, 2.75) is 0 Å². The lowest BCUT2D eigenvalue weighted by molar-refractivity contribution is 1.18. The third-order valence-corrected chi connectivity index (χ3v) is 31.1. The van der Waals surface area contributed by atoms with Gasteiger partial charge in [0.15, 0.2) is 0 Å². The summed E-state index contributed by atoms with van der Waals surface area (Å²) in [6, 6.07) is 180. The number of nitrogens with zero attached hydrogens (tertiary/aromatic N) is 6. The van der Waals surface area contributed by atoms with Crippen LogP contribution in [-0.2, 0) is 0 Å². The van der Waals surface area contributed by atoms with E-state index in [9.17, 15) is 0 Å². The first-order valence-electron chi connectivity index (χ1n) is 48.3. The average molecular weight is 1840 g/mol. The molecule has 0 aliphatic rings. The van der Waals surface area contributed by atoms with Gasteiger partial charge in [-0.25, -0.2) is 19.9 Å². The van der Waals surface area contributed by atoms with E-state index in [0.29, 0.717) is 0 Å². The topological polar surface area (TPSA) is 61.4 Å². The summed E-state index contributed by atoms with van der Waals surface area (Å²) in [7, 11) is 0. The highest BCUT2D eigenvalue weighted by Gasteiger charge is 2.27. The number of hydrogen-bond acceptors (Lipinski definition) is 6. The van der Waals surface area contributed by atoms with E-state index in [1.807, 2.05) is 53.0 Å². The molecule has 8 heteroatoms. The van der Waals surface area contributed by atoms with Gasteiger partial charge in [0.2, 0.25) is 0 Å². The molecule has 29 rings (SSSR count). The Morgan fingerprint density at radius 1 is 0.155 bits per heavy atom. The summed E-state index contributed by atoms with van der Waals surface area (Å²) < 4.78 is 10.2. The summed E-state index contributed by atoms with van der Waals surface area (Å²) in [6.45, 7) is 0. The monoisotopic (exact) mass is 1840 g/mol. The Morgan fingerprint density at radius 3 is 0.937 bits per heavy atom. The minimum atomic E-state index is 0.846. The van der Waals surface area contributed by atoms with Crippen LogP contribution in [0.4, 0.5) is 0 Å². The maximum Gasteiger partial charge on any atom is 0.0973 e. The Bertz CT molecular complexity index is 10100. The van der Waals surface area contributed by atoms with Gasteiger partial charge in [0, 0.05) is 101 Å². The Labute approximate surface area is 826 Å². The number of rotatable bonds is 13. The number of para-hydroxylation sites is 4. The molecule has 0 fully saturated rings. The predicted molar refractivity (Wildman–Crippen MR) is 603 cm³/mol. The van der Waals surface area contributed by atoms with E-state index < -0.39 is 0 Å². The third-order valence-electron chi connectivity index (χ3n) is 28.7. The zero-order valence-corrected chi connectivity index (χ0v) is 78.5. The van der Waals surface area contributed by atoms with Gasteiger partial charge in [-0.1, -0.05) is 376 Å². The summed E-state index contributed by atoms with van der Waals surface area (Å²) in [5.41, 5.74) is 34.5. The van der Waals surface area contributed by atoms with E-state index in [1.165, 1.54) is 188 Å². The zero-order valence-electron chi connectivity index (χ0n) is 76.8. The highest BCUT2D eigenvalue weighted by molar-refractivity contribution is 7.26. The Hall–Kier alpha value is -18.2. The molecule has 6 heterocycles. The molecule has 29 aromatic rings. The van der Waals surface area contributed by atoms with E-state index in [2.05, 4.69) is 476 Å². The Kier molecular flexibility index (Phi) is 19.6. The second-order valence-electron chi connectivity index (χ2n) is 36.9. The van der Waals surface area contributed by atoms with Gasteiger partial charge < -0.3 is 9.13 Å². The van der Waals surface area contributed by atoms with Crippen molar-refractivity contribution in [1.29, 1.82) is 0 Å². The fraction of sp³-hybridized carbons (Fsp3) is 0. The molecule has 0 bridgehead atoms. The average Bonchev–Trinajstić information content (AvgIpc) is 1.55. The van der Waals surface area contributed by atoms with Crippen LogP contribution in [-0.4, -0.2) is 29.1 Å². The first-order chi connectivity index (χ1) is 70.4. The van der Waals surface area contributed by atoms with Crippen LogP contribution in [0.5, 0.6) is 0 Å². The molecule has 6 nitrogen and oxygen atoms in total. The molecule has 142 heavy (non-hydrogen) atoms. The van der Waals surface area contributed by atoms with E-state index in [4.69, 9.17) is 19.9 Å². The highest BCUT2D eigenvalue weighted by Crippen LogP contribution is 2.51. The van der Waals surface area contributed by atoms with E-state index in [1.54, 1.807) is 0 Å². The van der Waals surface area contributed by atoms with Crippen LogP contribution in [0.1, 0.15) is 0 Å². The molecule has 6 aromatic heterocycles. The van der Waals surface area contributed by atoms with E-state index >= 15 is 0 Å². The summed E-state index contributed by atoms with van der Waals surface area (Å²) in [5.74, 6) is 0. The number of benzene rings is 23. The molecule has 0 unspecified atom stereocenters. The van der Waals surface area contributed by atoms with Gasteiger partial charge in [0.1, 0.15) is 0 Å². The highest BCUT2D eigenvalue weighted by atomic mass is 32.1. The molecule has 0 amide bonds. The second kappa shape index (κ2) is 33.9. The van der Waals surface area contributed by atoms with Crippen molar-refractivity contribution in [3.8, 4) is 134 Å². The maximum atomic E-state index is 5.37. The summed E-state index contributed by atoms with van der Waals surface area (Å²) in [5, 5.41) is 20.2. The first-order valence-corrected chi connectivity index (χ1v) is 50.0. The minimum absolute atomic E-state index is 0.846. The lowest BCUT2D eigenvalue weighted by Gasteiger charge is -2.14. The van der Waals surface area contributed by atoms with Crippen molar-refractivity contribution in [3.05, 3.63) is 497 Å². The van der Waals surface area contributed by atoms with Crippen molar-refractivity contribution in [3.63, 3.8) is 0 Å². The normalized spacial score (nSPS) is 11.8. The molecule has 0 atom stereocenters. The van der Waals surface area contributed by atoms with Gasteiger partial charge in [-0.2, -0.15) is 0 Å². The van der Waals surface area contributed by atoms with Gasteiger partial charge in [-0.15, -0.1) is 22.7 Å². The molecule has 0 spiro atoms. The van der Waals surface area contributed by atoms with Crippen molar-refractivity contribution in [2.24, 2.45) is 0 Å². The fourth-order valence-corrected chi connectivity index (χ4v) is 24.3. The first kappa shape index (κ1) is 82.1. The van der Waals surface area contributed by atoms with Crippen molar-refractivity contribution in [1.82, 2.24) is 29.1 Å². The van der Waals surface area contributed by atoms with Crippen LogP contribution in [0.2, 0.25) is 0 Å². The SMILES string of the molecule is c1ccc(-c2cc(-c3ccccc3)cc(-c3ccc(-c4nc5ccccc5nc4-c4ccc(-n5c6ccc7ccccc7c6c6c7ccccc7c(-c7cccc8c7sc7ccccc78)cc65)cc4)cc3)c2)cc1.c1ccc(-c2cccc(-c3ccc(-c4nc5ccccc5nc4-c4ccc(-n5c6ccc7ccccc7c6c6c7ccccc7c(-c7ccc8sc9ccccc9c8c7)cc65)cc4)cc3)c2)cc1. The molecule has 0 radical (unpaired) electrons. The van der Waals surface area contributed by atoms with E-state index in [0.717, 1.165) is 95.2 Å². The molecular weight excluding hydrogens is 1760 g/mol. The molecule has 0 aliphatic heterocycles. The standard InChI is InChI=1S/C70H43N3S.C64H39N3S/c1-3-16-44(17-4-1)50-40-51(45-18-5-2-6-19-45)42-52(41-50)46-30-32-48(33-31-46)68-69(72-62-28-13-12-27-61(62)71-68)49-34-37-53(38-35-49)73-63-39-36-47-20-7-8-21-54(47)66(63)67-57-24-10-9-22-55(57)60(43-64(67)73)59-26-15-25-58-56-23-11-14-29-65(56)74-70(58)59;1-2-13-40(14-3-1)45-16-12-17-46(37-45)41-25-27-43(28-26-41)63-64(66-56-23-10-9-22-55(56)65-63)44-29-33-48(34-30-44)67-57-35-31-42-15-4-5-18-49(42)61(57)62-52-21-7-6-19-50(52)53(39-58(62)67)47-32-36-60-54(38-47)51-20-8-11-24-59(51)68-60/h1-43H;1-39H. The van der Waals surface area contributed by atoms with E-state index in [-0.39, 0.29) is 0 Å². The lowest BCUT2D eigenvalue weighted by atomic mass is 9.92. The molecule has 0 aliphatic carbocycles. The number of hydrogen-bond donors (Lipinski definition) is 0. The summed E-state index contributed by atoms with van der Waals surface area (Å²) in [6.07, 6.45) is 0. The molecule has 0 N–H and O–H groups in total. The molecule has 0 saturated heterocycles. The number of aromatic nitrogens is 6.